The van der Waals surface area contributed by atoms with Gasteiger partial charge in [-0.3, -0.25) is 9.13 Å². The number of aromatic nitrogens is 3. The minimum absolute atomic E-state index is 0.0507. The maximum atomic E-state index is 11.9. The van der Waals surface area contributed by atoms with Gasteiger partial charge in [0.1, 0.15) is 5.01 Å². The van der Waals surface area contributed by atoms with Crippen LogP contribution in [-0.2, 0) is 13.1 Å². The van der Waals surface area contributed by atoms with E-state index in [4.69, 9.17) is 0 Å². The highest BCUT2D eigenvalue weighted by Gasteiger charge is 2.05. The van der Waals surface area contributed by atoms with Gasteiger partial charge in [-0.05, 0) is 13.3 Å². The van der Waals surface area contributed by atoms with Gasteiger partial charge in [0.25, 0.3) is 0 Å². The fourth-order valence-electron chi connectivity index (χ4n) is 1.61. The molecule has 0 fully saturated rings. The first-order chi connectivity index (χ1) is 7.70. The SMILES string of the molecule is CCCn1ccn(Cc2nc(C)cs2)c1=O. The Morgan fingerprint density at radius 1 is 1.38 bits per heavy atom. The maximum Gasteiger partial charge on any atom is 0.328 e. The third kappa shape index (κ3) is 2.24. The lowest BCUT2D eigenvalue weighted by atomic mass is 10.5. The average molecular weight is 237 g/mol. The summed E-state index contributed by atoms with van der Waals surface area (Å²) < 4.78 is 3.44. The van der Waals surface area contributed by atoms with Crippen molar-refractivity contribution in [1.82, 2.24) is 14.1 Å². The minimum atomic E-state index is 0.0507. The molecule has 5 heteroatoms. The van der Waals surface area contributed by atoms with Gasteiger partial charge in [0.05, 0.1) is 6.54 Å². The molecule has 0 saturated heterocycles. The van der Waals surface area contributed by atoms with Crippen LogP contribution in [0.5, 0.6) is 0 Å². The molecule has 0 aliphatic heterocycles. The molecule has 16 heavy (non-hydrogen) atoms. The van der Waals surface area contributed by atoms with Crippen LogP contribution < -0.4 is 5.69 Å². The second kappa shape index (κ2) is 4.65. The van der Waals surface area contributed by atoms with Gasteiger partial charge in [0, 0.05) is 30.0 Å². The van der Waals surface area contributed by atoms with Crippen molar-refractivity contribution in [3.63, 3.8) is 0 Å². The standard InChI is InChI=1S/C11H15N3OS/c1-3-4-13-5-6-14(11(13)15)7-10-12-9(2)8-16-10/h5-6,8H,3-4,7H2,1-2H3. The summed E-state index contributed by atoms with van der Waals surface area (Å²) in [4.78, 5) is 16.2. The summed E-state index contributed by atoms with van der Waals surface area (Å²) in [6.45, 7) is 5.38. The van der Waals surface area contributed by atoms with E-state index in [1.165, 1.54) is 0 Å². The Bertz CT molecular complexity index is 523. The quantitative estimate of drug-likeness (QED) is 0.814. The van der Waals surface area contributed by atoms with Crippen LogP contribution in [0.15, 0.2) is 22.6 Å². The first-order valence-electron chi connectivity index (χ1n) is 5.37. The summed E-state index contributed by atoms with van der Waals surface area (Å²) in [6, 6.07) is 0. The molecule has 0 spiro atoms. The molecule has 0 bridgehead atoms. The van der Waals surface area contributed by atoms with E-state index < -0.39 is 0 Å². The van der Waals surface area contributed by atoms with Crippen LogP contribution in [0.1, 0.15) is 24.0 Å². The number of rotatable bonds is 4. The lowest BCUT2D eigenvalue weighted by Crippen LogP contribution is -2.24. The zero-order valence-corrected chi connectivity index (χ0v) is 10.3. The van der Waals surface area contributed by atoms with Gasteiger partial charge >= 0.3 is 5.69 Å². The molecule has 0 aromatic carbocycles. The van der Waals surface area contributed by atoms with E-state index >= 15 is 0 Å². The average Bonchev–Trinajstić information content (AvgIpc) is 2.80. The van der Waals surface area contributed by atoms with Gasteiger partial charge < -0.3 is 0 Å². The van der Waals surface area contributed by atoms with Crippen molar-refractivity contribution in [3.05, 3.63) is 39.0 Å². The molecular weight excluding hydrogens is 222 g/mol. The fraction of sp³-hybridized carbons (Fsp3) is 0.455. The normalized spacial score (nSPS) is 10.9. The Morgan fingerprint density at radius 3 is 2.75 bits per heavy atom. The van der Waals surface area contributed by atoms with Crippen LogP contribution in [0.4, 0.5) is 0 Å². The van der Waals surface area contributed by atoms with Crippen molar-refractivity contribution < 1.29 is 0 Å². The minimum Gasteiger partial charge on any atom is -0.299 e. The van der Waals surface area contributed by atoms with Gasteiger partial charge in [-0.25, -0.2) is 9.78 Å². The van der Waals surface area contributed by atoms with Crippen LogP contribution in [0.25, 0.3) is 0 Å². The van der Waals surface area contributed by atoms with Crippen LogP contribution in [0.3, 0.4) is 0 Å². The lowest BCUT2D eigenvalue weighted by molar-refractivity contribution is 0.623. The summed E-state index contributed by atoms with van der Waals surface area (Å²) in [7, 11) is 0. The van der Waals surface area contributed by atoms with E-state index in [1.54, 1.807) is 20.5 Å². The van der Waals surface area contributed by atoms with E-state index in [1.807, 2.05) is 24.7 Å². The van der Waals surface area contributed by atoms with Gasteiger partial charge in [0.15, 0.2) is 0 Å². The molecule has 0 radical (unpaired) electrons. The lowest BCUT2D eigenvalue weighted by Gasteiger charge is -1.98. The number of thiazole rings is 1. The zero-order chi connectivity index (χ0) is 11.5. The smallest absolute Gasteiger partial charge is 0.299 e. The molecule has 2 aromatic heterocycles. The third-order valence-electron chi connectivity index (χ3n) is 2.35. The van der Waals surface area contributed by atoms with Crippen LogP contribution in [0.2, 0.25) is 0 Å². The second-order valence-corrected chi connectivity index (χ2v) is 4.73. The Kier molecular flexibility index (Phi) is 3.24. The van der Waals surface area contributed by atoms with Crippen molar-refractivity contribution in [2.45, 2.75) is 33.4 Å². The van der Waals surface area contributed by atoms with Crippen LogP contribution >= 0.6 is 11.3 Å². The Morgan fingerprint density at radius 2 is 2.12 bits per heavy atom. The molecule has 2 rings (SSSR count). The van der Waals surface area contributed by atoms with Gasteiger partial charge in [-0.15, -0.1) is 11.3 Å². The van der Waals surface area contributed by atoms with Gasteiger partial charge in [0.2, 0.25) is 0 Å². The van der Waals surface area contributed by atoms with Crippen LogP contribution in [0, 0.1) is 6.92 Å². The molecule has 0 aliphatic rings. The van der Waals surface area contributed by atoms with E-state index in [9.17, 15) is 4.79 Å². The third-order valence-corrected chi connectivity index (χ3v) is 3.31. The van der Waals surface area contributed by atoms with E-state index in [-0.39, 0.29) is 5.69 Å². The molecule has 2 aromatic rings. The molecule has 0 aliphatic carbocycles. The first kappa shape index (κ1) is 11.1. The topological polar surface area (TPSA) is 39.8 Å². The molecule has 2 heterocycles. The Hall–Kier alpha value is -1.36. The Labute approximate surface area is 98.2 Å². The highest BCUT2D eigenvalue weighted by Crippen LogP contribution is 2.09. The van der Waals surface area contributed by atoms with E-state index in [0.717, 1.165) is 23.7 Å². The predicted molar refractivity (Wildman–Crippen MR) is 64.9 cm³/mol. The summed E-state index contributed by atoms with van der Waals surface area (Å²) in [5.41, 5.74) is 1.07. The predicted octanol–water partition coefficient (Wildman–Crippen LogP) is 1.87. The highest BCUT2D eigenvalue weighted by molar-refractivity contribution is 7.09. The van der Waals surface area contributed by atoms with Crippen LogP contribution in [-0.4, -0.2) is 14.1 Å². The first-order valence-corrected chi connectivity index (χ1v) is 6.25. The number of hydrogen-bond acceptors (Lipinski definition) is 3. The molecule has 0 N–H and O–H groups in total. The zero-order valence-electron chi connectivity index (χ0n) is 9.51. The largest absolute Gasteiger partial charge is 0.328 e. The number of nitrogens with zero attached hydrogens (tertiary/aromatic N) is 3. The van der Waals surface area contributed by atoms with Crippen molar-refractivity contribution in [2.24, 2.45) is 0 Å². The van der Waals surface area contributed by atoms with Crippen molar-refractivity contribution in [3.8, 4) is 0 Å². The number of imidazole rings is 1. The van der Waals surface area contributed by atoms with Crippen molar-refractivity contribution in [2.75, 3.05) is 0 Å². The molecule has 0 atom stereocenters. The fourth-order valence-corrected chi connectivity index (χ4v) is 2.38. The van der Waals surface area contributed by atoms with Crippen molar-refractivity contribution in [1.29, 1.82) is 0 Å². The molecule has 0 amide bonds. The molecule has 0 unspecified atom stereocenters. The second-order valence-electron chi connectivity index (χ2n) is 3.78. The van der Waals surface area contributed by atoms with Crippen molar-refractivity contribution >= 4 is 11.3 Å². The summed E-state index contributed by atoms with van der Waals surface area (Å²) >= 11 is 1.60. The molecule has 0 saturated carbocycles. The molecular formula is C11H15N3OS. The van der Waals surface area contributed by atoms with E-state index in [0.29, 0.717) is 6.54 Å². The molecule has 4 nitrogen and oxygen atoms in total. The maximum absolute atomic E-state index is 11.9. The summed E-state index contributed by atoms with van der Waals surface area (Å²) in [5, 5.41) is 2.98. The highest BCUT2D eigenvalue weighted by atomic mass is 32.1. The van der Waals surface area contributed by atoms with Gasteiger partial charge in [-0.2, -0.15) is 0 Å². The summed E-state index contributed by atoms with van der Waals surface area (Å²) in [5.74, 6) is 0. The number of hydrogen-bond donors (Lipinski definition) is 0. The van der Waals surface area contributed by atoms with Gasteiger partial charge in [-0.1, -0.05) is 6.92 Å². The summed E-state index contributed by atoms with van der Waals surface area (Å²) in [6.07, 6.45) is 4.64. The molecule has 86 valence electrons. The van der Waals surface area contributed by atoms with E-state index in [2.05, 4.69) is 11.9 Å². The number of aryl methyl sites for hydroxylation is 2. The monoisotopic (exact) mass is 237 g/mol. The Balaban J connectivity index is 2.19.